The van der Waals surface area contributed by atoms with E-state index in [4.69, 9.17) is 0 Å². The SMILES string of the molecule is O=C1CCC(N2C(=O)c3ccc(N4CCN(CCC5CCN(CCCn6c7ccccc7c7cnccc76)CC5)CC4)cc3C2=O)C(=O)N1. The molecule has 8 rings (SSSR count). The first-order chi connectivity index (χ1) is 23.9. The van der Waals surface area contributed by atoms with Crippen LogP contribution in [-0.2, 0) is 16.1 Å². The number of amides is 4. The smallest absolute Gasteiger partial charge is 0.262 e. The fraction of sp³-hybridized carbons (Fsp3) is 0.447. The van der Waals surface area contributed by atoms with E-state index in [9.17, 15) is 19.2 Å². The minimum atomic E-state index is -0.945. The van der Waals surface area contributed by atoms with Crippen molar-refractivity contribution in [3.05, 3.63) is 72.1 Å². The lowest BCUT2D eigenvalue weighted by atomic mass is 9.93. The Kier molecular flexibility index (Phi) is 8.63. The average molecular weight is 662 g/mol. The molecule has 2 aromatic carbocycles. The summed E-state index contributed by atoms with van der Waals surface area (Å²) < 4.78 is 2.46. The minimum absolute atomic E-state index is 0.113. The van der Waals surface area contributed by atoms with E-state index in [2.05, 4.69) is 59.9 Å². The van der Waals surface area contributed by atoms with Crippen molar-refractivity contribution < 1.29 is 19.2 Å². The molecule has 2 aromatic heterocycles. The van der Waals surface area contributed by atoms with E-state index < -0.39 is 23.8 Å². The number of pyridine rings is 1. The molecule has 0 bridgehead atoms. The maximum Gasteiger partial charge on any atom is 0.262 e. The van der Waals surface area contributed by atoms with Gasteiger partial charge in [0.25, 0.3) is 11.8 Å². The molecule has 4 aliphatic rings. The van der Waals surface area contributed by atoms with E-state index in [-0.39, 0.29) is 18.7 Å². The zero-order valence-corrected chi connectivity index (χ0v) is 27.9. The number of benzene rings is 2. The number of piperidine rings is 2. The second-order valence-corrected chi connectivity index (χ2v) is 14.0. The summed E-state index contributed by atoms with van der Waals surface area (Å²) in [6.45, 7) is 9.25. The highest BCUT2D eigenvalue weighted by atomic mass is 16.2. The third-order valence-corrected chi connectivity index (χ3v) is 11.2. The van der Waals surface area contributed by atoms with Crippen LogP contribution in [0.3, 0.4) is 0 Å². The van der Waals surface area contributed by atoms with Gasteiger partial charge in [0.1, 0.15) is 6.04 Å². The van der Waals surface area contributed by atoms with Crippen molar-refractivity contribution in [2.45, 2.75) is 51.1 Å². The average Bonchev–Trinajstić information content (AvgIpc) is 3.58. The molecule has 11 heteroatoms. The summed E-state index contributed by atoms with van der Waals surface area (Å²) in [4.78, 5) is 63.2. The number of carbonyl (C=O) groups excluding carboxylic acids is 4. The van der Waals surface area contributed by atoms with Gasteiger partial charge in [-0.15, -0.1) is 0 Å². The monoisotopic (exact) mass is 661 g/mol. The normalized spacial score (nSPS) is 21.3. The van der Waals surface area contributed by atoms with Gasteiger partial charge in [-0.1, -0.05) is 18.2 Å². The van der Waals surface area contributed by atoms with Crippen molar-refractivity contribution in [1.82, 2.24) is 29.6 Å². The summed E-state index contributed by atoms with van der Waals surface area (Å²) in [5.41, 5.74) is 4.15. The van der Waals surface area contributed by atoms with E-state index in [1.807, 2.05) is 18.5 Å². The zero-order valence-electron chi connectivity index (χ0n) is 27.9. The molecule has 3 saturated heterocycles. The van der Waals surface area contributed by atoms with Gasteiger partial charge >= 0.3 is 0 Å². The van der Waals surface area contributed by atoms with E-state index >= 15 is 0 Å². The number of likely N-dealkylation sites (tertiary alicyclic amines) is 1. The van der Waals surface area contributed by atoms with Crippen LogP contribution in [0.2, 0.25) is 0 Å². The second-order valence-electron chi connectivity index (χ2n) is 14.0. The van der Waals surface area contributed by atoms with Gasteiger partial charge < -0.3 is 14.4 Å². The summed E-state index contributed by atoms with van der Waals surface area (Å²) in [6, 6.07) is 15.3. The molecule has 1 unspecified atom stereocenters. The lowest BCUT2D eigenvalue weighted by molar-refractivity contribution is -0.136. The number of hydrogen-bond donors (Lipinski definition) is 1. The molecule has 3 fully saturated rings. The fourth-order valence-corrected chi connectivity index (χ4v) is 8.34. The maximum absolute atomic E-state index is 13.3. The number of fused-ring (bicyclic) bond motifs is 4. The lowest BCUT2D eigenvalue weighted by Crippen LogP contribution is -2.54. The molecule has 4 aromatic rings. The molecule has 0 radical (unpaired) electrons. The van der Waals surface area contributed by atoms with Crippen LogP contribution in [-0.4, -0.2) is 106 Å². The zero-order chi connectivity index (χ0) is 33.5. The van der Waals surface area contributed by atoms with Crippen molar-refractivity contribution in [2.24, 2.45) is 5.92 Å². The summed E-state index contributed by atoms with van der Waals surface area (Å²) in [5, 5.41) is 4.77. The third-order valence-electron chi connectivity index (χ3n) is 11.2. The number of aromatic nitrogens is 2. The van der Waals surface area contributed by atoms with Crippen molar-refractivity contribution in [3.63, 3.8) is 0 Å². The molecule has 11 nitrogen and oxygen atoms in total. The van der Waals surface area contributed by atoms with E-state index in [1.54, 1.807) is 12.1 Å². The lowest BCUT2D eigenvalue weighted by Gasteiger charge is -2.37. The molecule has 0 aliphatic carbocycles. The number of nitrogens with zero attached hydrogens (tertiary/aromatic N) is 6. The minimum Gasteiger partial charge on any atom is -0.369 e. The van der Waals surface area contributed by atoms with Crippen molar-refractivity contribution in [1.29, 1.82) is 0 Å². The first-order valence-corrected chi connectivity index (χ1v) is 17.8. The van der Waals surface area contributed by atoms with E-state index in [0.717, 1.165) is 68.7 Å². The number of piperazine rings is 1. The van der Waals surface area contributed by atoms with Gasteiger partial charge in [-0.2, -0.15) is 0 Å². The number of aryl methyl sites for hydroxylation is 1. The van der Waals surface area contributed by atoms with Crippen molar-refractivity contribution >= 4 is 51.1 Å². The Balaban J connectivity index is 0.778. The quantitative estimate of drug-likeness (QED) is 0.269. The predicted octanol–water partition coefficient (Wildman–Crippen LogP) is 3.91. The molecular weight excluding hydrogens is 618 g/mol. The van der Waals surface area contributed by atoms with Gasteiger partial charge in [0.05, 0.1) is 16.6 Å². The highest BCUT2D eigenvalue weighted by molar-refractivity contribution is 6.23. The molecule has 1 atom stereocenters. The number of carbonyl (C=O) groups is 4. The number of imide groups is 2. The van der Waals surface area contributed by atoms with Crippen molar-refractivity contribution in [2.75, 3.05) is 57.3 Å². The molecule has 1 N–H and O–H groups in total. The molecule has 0 spiro atoms. The highest BCUT2D eigenvalue weighted by Gasteiger charge is 2.44. The molecule has 254 valence electrons. The fourth-order valence-electron chi connectivity index (χ4n) is 8.34. The van der Waals surface area contributed by atoms with Crippen LogP contribution < -0.4 is 10.2 Å². The largest absolute Gasteiger partial charge is 0.369 e. The highest BCUT2D eigenvalue weighted by Crippen LogP contribution is 2.32. The maximum atomic E-state index is 13.3. The number of rotatable bonds is 9. The standard InChI is InChI=1S/C38H43N7O4/c46-35-9-8-34(36(47)40-35)45-37(48)29-7-6-27(24-30(29)38(45)49)43-22-20-42(21-23-43)19-13-26-11-17-41(18-12-26)15-3-16-44-32-5-2-1-4-28(32)31-25-39-14-10-33(31)44/h1-2,4-7,10,14,24-26,34H,3,8-9,11-13,15-23H2,(H,40,46,47). The Morgan fingerprint density at radius 1 is 0.735 bits per heavy atom. The molecule has 49 heavy (non-hydrogen) atoms. The first kappa shape index (κ1) is 31.6. The predicted molar refractivity (Wildman–Crippen MR) is 187 cm³/mol. The van der Waals surface area contributed by atoms with E-state index in [0.29, 0.717) is 11.1 Å². The Morgan fingerprint density at radius 2 is 1.49 bits per heavy atom. The first-order valence-electron chi connectivity index (χ1n) is 17.8. The molecule has 4 aliphatic heterocycles. The summed E-state index contributed by atoms with van der Waals surface area (Å²) in [5.74, 6) is -1.11. The Labute approximate surface area is 285 Å². The Hall–Kier alpha value is -4.61. The van der Waals surface area contributed by atoms with Crippen LogP contribution in [0.4, 0.5) is 5.69 Å². The van der Waals surface area contributed by atoms with Gasteiger partial charge in [-0.3, -0.25) is 39.3 Å². The molecule has 6 heterocycles. The van der Waals surface area contributed by atoms with Gasteiger partial charge in [-0.05, 0) is 94.5 Å². The van der Waals surface area contributed by atoms with Crippen LogP contribution in [0, 0.1) is 5.92 Å². The molecule has 4 amide bonds. The number of hydrogen-bond acceptors (Lipinski definition) is 8. The van der Waals surface area contributed by atoms with E-state index in [1.165, 1.54) is 54.2 Å². The summed E-state index contributed by atoms with van der Waals surface area (Å²) in [7, 11) is 0. The van der Waals surface area contributed by atoms with Crippen LogP contribution in [0.25, 0.3) is 21.8 Å². The molecule has 0 saturated carbocycles. The number of para-hydroxylation sites is 1. The number of anilines is 1. The van der Waals surface area contributed by atoms with Crippen molar-refractivity contribution in [3.8, 4) is 0 Å². The summed E-state index contributed by atoms with van der Waals surface area (Å²) in [6.07, 6.45) is 9.05. The topological polar surface area (TPSA) is 111 Å². The van der Waals surface area contributed by atoms with Crippen LogP contribution >= 0.6 is 0 Å². The van der Waals surface area contributed by atoms with Crippen LogP contribution in [0.1, 0.15) is 59.2 Å². The molecular formula is C38H43N7O4. The van der Waals surface area contributed by atoms with Gasteiger partial charge in [0.15, 0.2) is 0 Å². The summed E-state index contributed by atoms with van der Waals surface area (Å²) >= 11 is 0. The van der Waals surface area contributed by atoms with Gasteiger partial charge in [-0.25, -0.2) is 0 Å². The van der Waals surface area contributed by atoms with Gasteiger partial charge in [0.2, 0.25) is 11.8 Å². The van der Waals surface area contributed by atoms with Crippen LogP contribution in [0.5, 0.6) is 0 Å². The number of nitrogens with one attached hydrogen (secondary N) is 1. The van der Waals surface area contributed by atoms with Crippen LogP contribution in [0.15, 0.2) is 60.9 Å². The Bertz CT molecular complexity index is 1870. The third kappa shape index (κ3) is 6.10. The van der Waals surface area contributed by atoms with Gasteiger partial charge in [0, 0.05) is 73.5 Å². The second kappa shape index (κ2) is 13.4. The Morgan fingerprint density at radius 3 is 2.31 bits per heavy atom.